The summed E-state index contributed by atoms with van der Waals surface area (Å²) in [5.41, 5.74) is 0.431. The molecule has 1 fully saturated rings. The molecule has 0 unspecified atom stereocenters. The molecule has 0 spiro atoms. The number of aromatic hydroxyl groups is 1. The van der Waals surface area contributed by atoms with E-state index in [-0.39, 0.29) is 17.6 Å². The number of hydrogen-bond acceptors (Lipinski definition) is 5. The quantitative estimate of drug-likeness (QED) is 0.845. The van der Waals surface area contributed by atoms with E-state index in [4.69, 9.17) is 11.6 Å². The van der Waals surface area contributed by atoms with Gasteiger partial charge in [-0.15, -0.1) is 10.2 Å². The third kappa shape index (κ3) is 3.71. The van der Waals surface area contributed by atoms with Gasteiger partial charge in [0.05, 0.1) is 11.6 Å². The average molecular weight is 333 g/mol. The molecule has 2 heterocycles. The number of phenolic OH excluding ortho intramolecular Hbond substituents is 1. The van der Waals surface area contributed by atoms with E-state index in [0.717, 1.165) is 25.2 Å². The summed E-state index contributed by atoms with van der Waals surface area (Å²) in [4.78, 5) is 14.5. The van der Waals surface area contributed by atoms with Crippen molar-refractivity contribution in [3.8, 4) is 5.75 Å². The molecular formula is C16H17ClN4O2. The van der Waals surface area contributed by atoms with Crippen LogP contribution in [-0.2, 0) is 4.79 Å². The third-order valence-electron chi connectivity index (χ3n) is 3.90. The van der Waals surface area contributed by atoms with Gasteiger partial charge in [0.15, 0.2) is 11.0 Å². The van der Waals surface area contributed by atoms with Gasteiger partial charge in [0.1, 0.15) is 5.75 Å². The summed E-state index contributed by atoms with van der Waals surface area (Å²) in [6.07, 6.45) is 1.69. The first-order valence-corrected chi connectivity index (χ1v) is 7.84. The van der Waals surface area contributed by atoms with Crippen molar-refractivity contribution in [1.82, 2.24) is 10.2 Å². The van der Waals surface area contributed by atoms with Crippen LogP contribution in [0.15, 0.2) is 36.4 Å². The summed E-state index contributed by atoms with van der Waals surface area (Å²) in [5.74, 6) is 0.519. The van der Waals surface area contributed by atoms with Crippen molar-refractivity contribution < 1.29 is 9.90 Å². The molecule has 1 aromatic heterocycles. The zero-order valence-corrected chi connectivity index (χ0v) is 13.2. The highest BCUT2D eigenvalue weighted by Gasteiger charge is 2.27. The molecule has 2 N–H and O–H groups in total. The van der Waals surface area contributed by atoms with E-state index in [1.807, 2.05) is 4.90 Å². The standard InChI is InChI=1S/C16H17ClN4O2/c17-14-7-8-15(20-19-14)21-9-3-4-11(10-21)16(23)18-12-5-1-2-6-13(12)22/h1-2,5-8,11,22H,3-4,9-10H2,(H,18,23)/t11-/m1/s1. The van der Waals surface area contributed by atoms with Crippen LogP contribution in [0.1, 0.15) is 12.8 Å². The van der Waals surface area contributed by atoms with Crippen LogP contribution in [0.5, 0.6) is 5.75 Å². The van der Waals surface area contributed by atoms with Crippen molar-refractivity contribution in [2.75, 3.05) is 23.3 Å². The number of hydrogen-bond donors (Lipinski definition) is 2. The number of anilines is 2. The normalized spacial score (nSPS) is 17.8. The lowest BCUT2D eigenvalue weighted by molar-refractivity contribution is -0.120. The topological polar surface area (TPSA) is 78.4 Å². The zero-order chi connectivity index (χ0) is 16.2. The van der Waals surface area contributed by atoms with Gasteiger partial charge in [-0.3, -0.25) is 4.79 Å². The molecule has 0 bridgehead atoms. The van der Waals surface area contributed by atoms with Crippen molar-refractivity contribution in [2.45, 2.75) is 12.8 Å². The number of nitrogens with one attached hydrogen (secondary N) is 1. The van der Waals surface area contributed by atoms with Crippen molar-refractivity contribution >= 4 is 29.0 Å². The van der Waals surface area contributed by atoms with Gasteiger partial charge in [-0.05, 0) is 37.1 Å². The first-order chi connectivity index (χ1) is 11.1. The minimum Gasteiger partial charge on any atom is -0.506 e. The van der Waals surface area contributed by atoms with Crippen LogP contribution in [0, 0.1) is 5.92 Å². The minimum atomic E-state index is -0.166. The molecule has 23 heavy (non-hydrogen) atoms. The Bertz CT molecular complexity index is 693. The molecule has 6 nitrogen and oxygen atoms in total. The Hall–Kier alpha value is -2.34. The third-order valence-corrected chi connectivity index (χ3v) is 4.10. The fraction of sp³-hybridized carbons (Fsp3) is 0.312. The smallest absolute Gasteiger partial charge is 0.229 e. The summed E-state index contributed by atoms with van der Waals surface area (Å²) in [6.45, 7) is 1.40. The average Bonchev–Trinajstić information content (AvgIpc) is 2.58. The Labute approximate surface area is 139 Å². The molecule has 1 aromatic carbocycles. The van der Waals surface area contributed by atoms with Crippen molar-refractivity contribution in [3.05, 3.63) is 41.6 Å². The lowest BCUT2D eigenvalue weighted by Gasteiger charge is -2.32. The second kappa shape index (κ2) is 6.83. The van der Waals surface area contributed by atoms with Crippen molar-refractivity contribution in [3.63, 3.8) is 0 Å². The number of carbonyl (C=O) groups is 1. The van der Waals surface area contributed by atoms with Crippen LogP contribution in [-0.4, -0.2) is 34.3 Å². The minimum absolute atomic E-state index is 0.0667. The Kier molecular flexibility index (Phi) is 4.62. The highest BCUT2D eigenvalue weighted by atomic mass is 35.5. The van der Waals surface area contributed by atoms with Crippen LogP contribution < -0.4 is 10.2 Å². The zero-order valence-electron chi connectivity index (χ0n) is 12.4. The summed E-state index contributed by atoms with van der Waals surface area (Å²) in [6, 6.07) is 10.2. The van der Waals surface area contributed by atoms with Crippen molar-refractivity contribution in [2.24, 2.45) is 5.92 Å². The van der Waals surface area contributed by atoms with Crippen LogP contribution in [0.25, 0.3) is 0 Å². The largest absolute Gasteiger partial charge is 0.506 e. The van der Waals surface area contributed by atoms with Gasteiger partial charge in [0.25, 0.3) is 0 Å². The Morgan fingerprint density at radius 3 is 2.83 bits per heavy atom. The van der Waals surface area contributed by atoms with E-state index in [1.54, 1.807) is 36.4 Å². The Morgan fingerprint density at radius 2 is 2.09 bits per heavy atom. The van der Waals surface area contributed by atoms with Gasteiger partial charge in [-0.1, -0.05) is 23.7 Å². The predicted octanol–water partition coefficient (Wildman–Crippen LogP) is 2.69. The first kappa shape index (κ1) is 15.6. The van der Waals surface area contributed by atoms with Gasteiger partial charge in [-0.2, -0.15) is 0 Å². The van der Waals surface area contributed by atoms with E-state index in [9.17, 15) is 9.90 Å². The SMILES string of the molecule is O=C(Nc1ccccc1O)[C@@H]1CCCN(c2ccc(Cl)nn2)C1. The molecule has 1 amide bonds. The molecule has 1 aliphatic heterocycles. The number of aromatic nitrogens is 2. The van der Waals surface area contributed by atoms with E-state index in [1.165, 1.54) is 0 Å². The molecule has 2 aromatic rings. The number of rotatable bonds is 3. The van der Waals surface area contributed by atoms with E-state index in [0.29, 0.717) is 17.4 Å². The van der Waals surface area contributed by atoms with E-state index < -0.39 is 0 Å². The Balaban J connectivity index is 1.67. The molecule has 3 rings (SSSR count). The van der Waals surface area contributed by atoms with Gasteiger partial charge in [0.2, 0.25) is 5.91 Å². The second-order valence-electron chi connectivity index (χ2n) is 5.51. The summed E-state index contributed by atoms with van der Waals surface area (Å²) < 4.78 is 0. The summed E-state index contributed by atoms with van der Waals surface area (Å²) >= 11 is 5.75. The lowest BCUT2D eigenvalue weighted by atomic mass is 9.97. The molecule has 1 aliphatic rings. The fourth-order valence-electron chi connectivity index (χ4n) is 2.69. The lowest BCUT2D eigenvalue weighted by Crippen LogP contribution is -2.41. The van der Waals surface area contributed by atoms with Gasteiger partial charge < -0.3 is 15.3 Å². The first-order valence-electron chi connectivity index (χ1n) is 7.46. The maximum Gasteiger partial charge on any atom is 0.229 e. The Morgan fingerprint density at radius 1 is 1.26 bits per heavy atom. The van der Waals surface area contributed by atoms with Crippen LogP contribution in [0.3, 0.4) is 0 Å². The van der Waals surface area contributed by atoms with Gasteiger partial charge in [-0.25, -0.2) is 0 Å². The maximum absolute atomic E-state index is 12.4. The maximum atomic E-state index is 12.4. The monoisotopic (exact) mass is 332 g/mol. The number of para-hydroxylation sites is 2. The van der Waals surface area contributed by atoms with Gasteiger partial charge >= 0.3 is 0 Å². The summed E-state index contributed by atoms with van der Waals surface area (Å²) in [5, 5.41) is 20.8. The van der Waals surface area contributed by atoms with Crippen LogP contribution in [0.2, 0.25) is 5.15 Å². The number of phenols is 1. The number of piperidine rings is 1. The predicted molar refractivity (Wildman–Crippen MR) is 88.7 cm³/mol. The summed E-state index contributed by atoms with van der Waals surface area (Å²) in [7, 11) is 0. The highest BCUT2D eigenvalue weighted by molar-refractivity contribution is 6.29. The van der Waals surface area contributed by atoms with E-state index in [2.05, 4.69) is 15.5 Å². The molecule has 120 valence electrons. The molecule has 0 aliphatic carbocycles. The molecule has 7 heteroatoms. The van der Waals surface area contributed by atoms with E-state index >= 15 is 0 Å². The van der Waals surface area contributed by atoms with Gasteiger partial charge in [0, 0.05) is 13.1 Å². The molecular weight excluding hydrogens is 316 g/mol. The number of benzene rings is 1. The molecule has 1 atom stereocenters. The number of nitrogens with zero attached hydrogens (tertiary/aromatic N) is 3. The molecule has 1 saturated heterocycles. The second-order valence-corrected chi connectivity index (χ2v) is 5.89. The molecule has 0 radical (unpaired) electrons. The van der Waals surface area contributed by atoms with Crippen LogP contribution >= 0.6 is 11.6 Å². The van der Waals surface area contributed by atoms with Crippen LogP contribution in [0.4, 0.5) is 11.5 Å². The fourth-order valence-corrected chi connectivity index (χ4v) is 2.79. The van der Waals surface area contributed by atoms with Crippen molar-refractivity contribution in [1.29, 1.82) is 0 Å². The number of amides is 1. The highest BCUT2D eigenvalue weighted by Crippen LogP contribution is 2.26. The molecule has 0 saturated carbocycles. The number of halogens is 1. The number of carbonyl (C=O) groups excluding carboxylic acids is 1.